The number of nitrogens with two attached hydrogens (primary N) is 2. The molecule has 1 heterocycles. The molecule has 0 saturated heterocycles. The van der Waals surface area contributed by atoms with Crippen LogP contribution in [0.1, 0.15) is 20.7 Å². The van der Waals surface area contributed by atoms with E-state index in [1.54, 1.807) is 48.5 Å². The number of benzene rings is 2. The van der Waals surface area contributed by atoms with Crippen LogP contribution in [0.3, 0.4) is 0 Å². The number of anilines is 1. The summed E-state index contributed by atoms with van der Waals surface area (Å²) in [4.78, 5) is 43.0. The van der Waals surface area contributed by atoms with E-state index in [1.807, 2.05) is 0 Å². The van der Waals surface area contributed by atoms with Crippen LogP contribution in [0.5, 0.6) is 0 Å². The van der Waals surface area contributed by atoms with Crippen molar-refractivity contribution >= 4 is 34.7 Å². The summed E-state index contributed by atoms with van der Waals surface area (Å²) in [5, 5.41) is 0. The van der Waals surface area contributed by atoms with Gasteiger partial charge >= 0.3 is 0 Å². The summed E-state index contributed by atoms with van der Waals surface area (Å²) in [6.07, 6.45) is 2.52. The van der Waals surface area contributed by atoms with Crippen molar-refractivity contribution in [3.05, 3.63) is 83.2 Å². The second-order valence-electron chi connectivity index (χ2n) is 6.07. The highest BCUT2D eigenvalue weighted by molar-refractivity contribution is 6.29. The van der Waals surface area contributed by atoms with Gasteiger partial charge in [-0.2, -0.15) is 0 Å². The lowest BCUT2D eigenvalue weighted by atomic mass is 10.0. The first kappa shape index (κ1) is 16.5. The molecule has 2 aromatic carbocycles. The Morgan fingerprint density at radius 1 is 0.778 bits per heavy atom. The molecule has 27 heavy (non-hydrogen) atoms. The van der Waals surface area contributed by atoms with E-state index in [2.05, 4.69) is 4.99 Å². The van der Waals surface area contributed by atoms with Crippen molar-refractivity contribution in [3.63, 3.8) is 0 Å². The van der Waals surface area contributed by atoms with E-state index in [-0.39, 0.29) is 28.2 Å². The first-order valence-electron chi connectivity index (χ1n) is 8.11. The van der Waals surface area contributed by atoms with Gasteiger partial charge in [-0.3, -0.25) is 14.4 Å². The predicted octanol–water partition coefficient (Wildman–Crippen LogP) is 1.95. The summed E-state index contributed by atoms with van der Waals surface area (Å²) in [7, 11) is 0. The second-order valence-corrected chi connectivity index (χ2v) is 6.07. The number of hydrogen-bond acceptors (Lipinski definition) is 6. The van der Waals surface area contributed by atoms with Crippen molar-refractivity contribution in [2.75, 3.05) is 5.73 Å². The molecule has 0 spiro atoms. The smallest absolute Gasteiger partial charge is 0.266 e. The molecule has 0 saturated carbocycles. The summed E-state index contributed by atoms with van der Waals surface area (Å²) < 4.78 is 0. The number of ketones is 1. The third-order valence-corrected chi connectivity index (χ3v) is 4.29. The van der Waals surface area contributed by atoms with Gasteiger partial charge in [-0.1, -0.05) is 12.1 Å². The molecule has 0 bridgehead atoms. The molecule has 0 aromatic heterocycles. The van der Waals surface area contributed by atoms with Gasteiger partial charge in [0.25, 0.3) is 11.8 Å². The summed E-state index contributed by atoms with van der Waals surface area (Å²) in [5.41, 5.74) is 13.6. The van der Waals surface area contributed by atoms with Crippen LogP contribution in [0.2, 0.25) is 0 Å². The fourth-order valence-corrected chi connectivity index (χ4v) is 2.94. The van der Waals surface area contributed by atoms with Crippen LogP contribution < -0.4 is 11.5 Å². The first-order valence-corrected chi connectivity index (χ1v) is 8.11. The average molecular weight is 358 g/mol. The van der Waals surface area contributed by atoms with Gasteiger partial charge in [-0.05, 0) is 42.5 Å². The fourth-order valence-electron chi connectivity index (χ4n) is 2.94. The van der Waals surface area contributed by atoms with Crippen molar-refractivity contribution in [3.8, 4) is 0 Å². The third kappa shape index (κ3) is 2.71. The lowest BCUT2D eigenvalue weighted by Gasteiger charge is -2.19. The number of allylic oxidation sites excluding steroid dienone is 2. The molecule has 132 valence electrons. The number of carbonyl (C=O) groups excluding carboxylic acids is 3. The highest BCUT2D eigenvalue weighted by Gasteiger charge is 2.40. The molecule has 2 amide bonds. The van der Waals surface area contributed by atoms with Gasteiger partial charge in [0, 0.05) is 11.8 Å². The van der Waals surface area contributed by atoms with Gasteiger partial charge < -0.3 is 11.5 Å². The number of rotatable bonds is 2. The quantitative estimate of drug-likeness (QED) is 0.483. The van der Waals surface area contributed by atoms with Crippen molar-refractivity contribution in [2.24, 2.45) is 10.7 Å². The number of nitrogen functional groups attached to an aromatic ring is 1. The molecule has 0 radical (unpaired) electrons. The number of amides is 2. The van der Waals surface area contributed by atoms with Crippen LogP contribution in [0.4, 0.5) is 11.4 Å². The SMILES string of the molecule is NC1=CC(=O)C(N2C(=O)c3ccccc3C2=O)=C/C1=N/c1ccc(N)cc1. The maximum absolute atomic E-state index is 12.6. The van der Waals surface area contributed by atoms with Gasteiger partial charge in [-0.15, -0.1) is 0 Å². The van der Waals surface area contributed by atoms with Gasteiger partial charge in [0.1, 0.15) is 5.70 Å². The molecule has 2 aromatic rings. The number of hydrogen-bond donors (Lipinski definition) is 2. The van der Waals surface area contributed by atoms with Crippen LogP contribution in [-0.4, -0.2) is 28.2 Å². The minimum absolute atomic E-state index is 0.0791. The average Bonchev–Trinajstić information content (AvgIpc) is 2.91. The molecule has 4 rings (SSSR count). The van der Waals surface area contributed by atoms with Crippen LogP contribution in [-0.2, 0) is 4.79 Å². The lowest BCUT2D eigenvalue weighted by molar-refractivity contribution is -0.112. The maximum atomic E-state index is 12.6. The Morgan fingerprint density at radius 3 is 1.96 bits per heavy atom. The van der Waals surface area contributed by atoms with Gasteiger partial charge in [0.15, 0.2) is 0 Å². The van der Waals surface area contributed by atoms with Gasteiger partial charge in [0.05, 0.1) is 28.2 Å². The van der Waals surface area contributed by atoms with E-state index in [0.717, 1.165) is 11.0 Å². The van der Waals surface area contributed by atoms with E-state index in [1.165, 1.54) is 6.08 Å². The minimum atomic E-state index is -0.545. The van der Waals surface area contributed by atoms with Crippen LogP contribution >= 0.6 is 0 Å². The molecule has 4 N–H and O–H groups in total. The Kier molecular flexibility index (Phi) is 3.70. The summed E-state index contributed by atoms with van der Waals surface area (Å²) in [6, 6.07) is 13.2. The highest BCUT2D eigenvalue weighted by Crippen LogP contribution is 2.28. The largest absolute Gasteiger partial charge is 0.399 e. The van der Waals surface area contributed by atoms with Crippen molar-refractivity contribution in [1.29, 1.82) is 0 Å². The molecule has 1 aliphatic carbocycles. The lowest BCUT2D eigenvalue weighted by Crippen LogP contribution is -2.35. The maximum Gasteiger partial charge on any atom is 0.266 e. The number of imide groups is 1. The van der Waals surface area contributed by atoms with E-state index in [0.29, 0.717) is 11.4 Å². The molecule has 0 atom stereocenters. The number of fused-ring (bicyclic) bond motifs is 1. The van der Waals surface area contributed by atoms with Crippen LogP contribution in [0.25, 0.3) is 0 Å². The number of nitrogens with zero attached hydrogens (tertiary/aromatic N) is 2. The van der Waals surface area contributed by atoms with Crippen LogP contribution in [0.15, 0.2) is 77.1 Å². The molecule has 0 unspecified atom stereocenters. The molecular formula is C20H14N4O3. The normalized spacial score (nSPS) is 17.9. The number of aliphatic imine (C=N–C) groups is 1. The fraction of sp³-hybridized carbons (Fsp3) is 0. The Bertz CT molecular complexity index is 1060. The van der Waals surface area contributed by atoms with Gasteiger partial charge in [-0.25, -0.2) is 9.89 Å². The zero-order valence-electron chi connectivity index (χ0n) is 14.0. The molecule has 0 fully saturated rings. The monoisotopic (exact) mass is 358 g/mol. The zero-order chi connectivity index (χ0) is 19.1. The van der Waals surface area contributed by atoms with Gasteiger partial charge in [0.2, 0.25) is 5.78 Å². The Hall–Kier alpha value is -4.00. The Balaban J connectivity index is 1.77. The second kappa shape index (κ2) is 6.06. The summed E-state index contributed by atoms with van der Waals surface area (Å²) >= 11 is 0. The van der Waals surface area contributed by atoms with E-state index >= 15 is 0 Å². The van der Waals surface area contributed by atoms with E-state index in [4.69, 9.17) is 11.5 Å². The van der Waals surface area contributed by atoms with E-state index < -0.39 is 17.6 Å². The Morgan fingerprint density at radius 2 is 1.37 bits per heavy atom. The number of carbonyl (C=O) groups is 3. The van der Waals surface area contributed by atoms with E-state index in [9.17, 15) is 14.4 Å². The summed E-state index contributed by atoms with van der Waals surface area (Å²) in [5.74, 6) is -1.62. The first-order chi connectivity index (χ1) is 13.0. The predicted molar refractivity (Wildman–Crippen MR) is 100 cm³/mol. The zero-order valence-corrected chi connectivity index (χ0v) is 14.0. The molecular weight excluding hydrogens is 344 g/mol. The minimum Gasteiger partial charge on any atom is -0.399 e. The topological polar surface area (TPSA) is 119 Å². The van der Waals surface area contributed by atoms with Crippen LogP contribution in [0, 0.1) is 0 Å². The Labute approximate surface area is 154 Å². The van der Waals surface area contributed by atoms with Crippen molar-refractivity contribution in [2.45, 2.75) is 0 Å². The standard InChI is InChI=1S/C20H14N4O3/c21-11-5-7-12(8-6-11)23-16-10-17(18(25)9-15(16)22)24-19(26)13-3-1-2-4-14(13)20(24)27/h1-10H,21-22H2/b23-16-. The summed E-state index contributed by atoms with van der Waals surface area (Å²) in [6.45, 7) is 0. The molecule has 7 heteroatoms. The molecule has 7 nitrogen and oxygen atoms in total. The molecule has 1 aliphatic heterocycles. The van der Waals surface area contributed by atoms with Crippen molar-refractivity contribution in [1.82, 2.24) is 4.90 Å². The highest BCUT2D eigenvalue weighted by atomic mass is 16.2. The van der Waals surface area contributed by atoms with Crippen molar-refractivity contribution < 1.29 is 14.4 Å². The molecule has 2 aliphatic rings. The third-order valence-electron chi connectivity index (χ3n) is 4.29.